The maximum absolute atomic E-state index is 5.79. The molecular weight excluding hydrogens is 236 g/mol. The van der Waals surface area contributed by atoms with Crippen molar-refractivity contribution in [1.82, 2.24) is 0 Å². The summed E-state index contributed by atoms with van der Waals surface area (Å²) in [6.07, 6.45) is 3.10. The number of hydrogen-bond acceptors (Lipinski definition) is 3. The zero-order chi connectivity index (χ0) is 12.1. The fourth-order valence-electron chi connectivity index (χ4n) is 1.44. The van der Waals surface area contributed by atoms with Gasteiger partial charge in [-0.1, -0.05) is 25.2 Å². The second kappa shape index (κ2) is 6.11. The SMILES string of the molecule is CCC(C)Nc1cccc(SC)c1C(N)=S. The maximum atomic E-state index is 5.79. The molecule has 0 amide bonds. The van der Waals surface area contributed by atoms with Crippen molar-refractivity contribution < 1.29 is 0 Å². The number of thioether (sulfide) groups is 1. The number of benzene rings is 1. The molecule has 0 heterocycles. The lowest BCUT2D eigenvalue weighted by Crippen LogP contribution is -2.19. The van der Waals surface area contributed by atoms with E-state index in [-0.39, 0.29) is 0 Å². The van der Waals surface area contributed by atoms with Gasteiger partial charge in [0.15, 0.2) is 0 Å². The summed E-state index contributed by atoms with van der Waals surface area (Å²) in [6, 6.07) is 6.52. The average molecular weight is 254 g/mol. The van der Waals surface area contributed by atoms with Gasteiger partial charge in [-0.3, -0.25) is 0 Å². The molecule has 0 aliphatic heterocycles. The Kier molecular flexibility index (Phi) is 5.09. The standard InChI is InChI=1S/C12H18N2S2/c1-4-8(2)14-9-6-5-7-10(16-3)11(9)12(13)15/h5-8,14H,4H2,1-3H3,(H2,13,15). The van der Waals surface area contributed by atoms with Crippen LogP contribution in [0, 0.1) is 0 Å². The number of thiocarbonyl (C=S) groups is 1. The molecule has 0 fully saturated rings. The Balaban J connectivity index is 3.12. The molecule has 1 aromatic rings. The monoisotopic (exact) mass is 254 g/mol. The molecule has 0 bridgehead atoms. The van der Waals surface area contributed by atoms with Crippen molar-refractivity contribution in [2.45, 2.75) is 31.2 Å². The van der Waals surface area contributed by atoms with Gasteiger partial charge in [-0.25, -0.2) is 0 Å². The normalized spacial score (nSPS) is 12.2. The summed E-state index contributed by atoms with van der Waals surface area (Å²) in [7, 11) is 0. The Labute approximate surface area is 107 Å². The van der Waals surface area contributed by atoms with E-state index >= 15 is 0 Å². The topological polar surface area (TPSA) is 38.0 Å². The van der Waals surface area contributed by atoms with Crippen LogP contribution in [0.2, 0.25) is 0 Å². The van der Waals surface area contributed by atoms with Crippen molar-refractivity contribution >= 4 is 34.7 Å². The van der Waals surface area contributed by atoms with Crippen molar-refractivity contribution in [2.24, 2.45) is 5.73 Å². The minimum atomic E-state index is 0.421. The van der Waals surface area contributed by atoms with Gasteiger partial charge in [0, 0.05) is 22.2 Å². The van der Waals surface area contributed by atoms with Gasteiger partial charge in [0.05, 0.1) is 0 Å². The predicted molar refractivity (Wildman–Crippen MR) is 77.5 cm³/mol. The van der Waals surface area contributed by atoms with Crippen molar-refractivity contribution in [3.05, 3.63) is 23.8 Å². The molecule has 4 heteroatoms. The molecule has 1 atom stereocenters. The van der Waals surface area contributed by atoms with Gasteiger partial charge < -0.3 is 11.1 Å². The van der Waals surface area contributed by atoms with E-state index in [1.54, 1.807) is 11.8 Å². The molecule has 0 spiro atoms. The van der Waals surface area contributed by atoms with Crippen LogP contribution in [0.4, 0.5) is 5.69 Å². The summed E-state index contributed by atoms with van der Waals surface area (Å²) in [4.78, 5) is 1.58. The highest BCUT2D eigenvalue weighted by atomic mass is 32.2. The van der Waals surface area contributed by atoms with Crippen LogP contribution < -0.4 is 11.1 Å². The average Bonchev–Trinajstić information content (AvgIpc) is 2.28. The molecule has 1 rings (SSSR count). The van der Waals surface area contributed by atoms with E-state index in [9.17, 15) is 0 Å². The van der Waals surface area contributed by atoms with Crippen LogP contribution in [-0.2, 0) is 0 Å². The second-order valence-corrected chi connectivity index (χ2v) is 4.99. The summed E-state index contributed by atoms with van der Waals surface area (Å²) in [5.41, 5.74) is 7.79. The third-order valence-electron chi connectivity index (χ3n) is 2.51. The molecule has 88 valence electrons. The van der Waals surface area contributed by atoms with Crippen LogP contribution in [-0.4, -0.2) is 17.3 Å². The Morgan fingerprint density at radius 3 is 2.75 bits per heavy atom. The van der Waals surface area contributed by atoms with E-state index in [1.807, 2.05) is 24.5 Å². The lowest BCUT2D eigenvalue weighted by molar-refractivity contribution is 0.763. The van der Waals surface area contributed by atoms with Crippen LogP contribution in [0.15, 0.2) is 23.1 Å². The number of hydrogen-bond donors (Lipinski definition) is 2. The van der Waals surface area contributed by atoms with Crippen LogP contribution in [0.5, 0.6) is 0 Å². The van der Waals surface area contributed by atoms with Gasteiger partial charge in [0.2, 0.25) is 0 Å². The van der Waals surface area contributed by atoms with Crippen molar-refractivity contribution in [1.29, 1.82) is 0 Å². The summed E-state index contributed by atoms with van der Waals surface area (Å²) in [5, 5.41) is 3.44. The zero-order valence-electron chi connectivity index (χ0n) is 9.91. The zero-order valence-corrected chi connectivity index (χ0v) is 11.5. The molecule has 0 aliphatic rings. The predicted octanol–water partition coefficient (Wildman–Crippen LogP) is 3.25. The Bertz CT molecular complexity index is 377. The summed E-state index contributed by atoms with van der Waals surface area (Å²) in [6.45, 7) is 4.30. The molecule has 16 heavy (non-hydrogen) atoms. The van der Waals surface area contributed by atoms with Crippen molar-refractivity contribution in [3.8, 4) is 0 Å². The number of anilines is 1. The van der Waals surface area contributed by atoms with Crippen molar-refractivity contribution in [3.63, 3.8) is 0 Å². The Hall–Kier alpha value is -0.740. The summed E-state index contributed by atoms with van der Waals surface area (Å²) >= 11 is 6.78. The van der Waals surface area contributed by atoms with Crippen molar-refractivity contribution in [2.75, 3.05) is 11.6 Å². The van der Waals surface area contributed by atoms with E-state index < -0.39 is 0 Å². The lowest BCUT2D eigenvalue weighted by atomic mass is 10.1. The number of nitrogens with two attached hydrogens (primary N) is 1. The van der Waals surface area contributed by atoms with Gasteiger partial charge in [0.25, 0.3) is 0 Å². The lowest BCUT2D eigenvalue weighted by Gasteiger charge is -2.18. The molecule has 1 unspecified atom stereocenters. The molecule has 2 nitrogen and oxygen atoms in total. The molecular formula is C12H18N2S2. The number of nitrogens with one attached hydrogen (secondary N) is 1. The molecule has 0 saturated carbocycles. The van der Waals surface area contributed by atoms with Crippen LogP contribution in [0.25, 0.3) is 0 Å². The van der Waals surface area contributed by atoms with E-state index in [2.05, 4.69) is 19.2 Å². The molecule has 0 aliphatic carbocycles. The Morgan fingerprint density at radius 2 is 2.25 bits per heavy atom. The molecule has 0 saturated heterocycles. The van der Waals surface area contributed by atoms with Crippen LogP contribution in [0.1, 0.15) is 25.8 Å². The number of rotatable bonds is 5. The highest BCUT2D eigenvalue weighted by Gasteiger charge is 2.11. The third-order valence-corrected chi connectivity index (χ3v) is 3.49. The largest absolute Gasteiger partial charge is 0.389 e. The summed E-state index contributed by atoms with van der Waals surface area (Å²) in [5.74, 6) is 0. The first-order chi connectivity index (χ1) is 7.60. The van der Waals surface area contributed by atoms with Gasteiger partial charge in [-0.05, 0) is 31.7 Å². The molecule has 1 aromatic carbocycles. The van der Waals surface area contributed by atoms with Crippen LogP contribution >= 0.6 is 24.0 Å². The summed E-state index contributed by atoms with van der Waals surface area (Å²) < 4.78 is 0. The highest BCUT2D eigenvalue weighted by molar-refractivity contribution is 7.98. The van der Waals surface area contributed by atoms with Gasteiger partial charge in [-0.2, -0.15) is 0 Å². The fourth-order valence-corrected chi connectivity index (χ4v) is 2.37. The minimum Gasteiger partial charge on any atom is -0.389 e. The quantitative estimate of drug-likeness (QED) is 0.625. The van der Waals surface area contributed by atoms with Crippen LogP contribution in [0.3, 0.4) is 0 Å². The molecule has 3 N–H and O–H groups in total. The van der Waals surface area contributed by atoms with Gasteiger partial charge in [0.1, 0.15) is 4.99 Å². The molecule has 0 radical (unpaired) electrons. The maximum Gasteiger partial charge on any atom is 0.107 e. The fraction of sp³-hybridized carbons (Fsp3) is 0.417. The Morgan fingerprint density at radius 1 is 1.56 bits per heavy atom. The van der Waals surface area contributed by atoms with E-state index in [0.29, 0.717) is 11.0 Å². The van der Waals surface area contributed by atoms with Gasteiger partial charge in [-0.15, -0.1) is 11.8 Å². The first kappa shape index (κ1) is 13.3. The first-order valence-corrected chi connectivity index (χ1v) is 6.96. The van der Waals surface area contributed by atoms with Gasteiger partial charge >= 0.3 is 0 Å². The second-order valence-electron chi connectivity index (χ2n) is 3.70. The van der Waals surface area contributed by atoms with E-state index in [4.69, 9.17) is 18.0 Å². The highest BCUT2D eigenvalue weighted by Crippen LogP contribution is 2.27. The smallest absolute Gasteiger partial charge is 0.107 e. The first-order valence-electron chi connectivity index (χ1n) is 5.33. The molecule has 0 aromatic heterocycles. The minimum absolute atomic E-state index is 0.421. The third kappa shape index (κ3) is 3.12. The van der Waals surface area contributed by atoms with E-state index in [0.717, 1.165) is 22.6 Å². The van der Waals surface area contributed by atoms with E-state index in [1.165, 1.54) is 0 Å².